The minimum absolute atomic E-state index is 0.0474. The van der Waals surface area contributed by atoms with Crippen LogP contribution in [0.5, 0.6) is 11.5 Å². The van der Waals surface area contributed by atoms with Crippen LogP contribution in [-0.2, 0) is 4.79 Å². The van der Waals surface area contributed by atoms with Crippen molar-refractivity contribution in [3.05, 3.63) is 35.0 Å². The predicted octanol–water partition coefficient (Wildman–Crippen LogP) is 2.26. The Bertz CT molecular complexity index is 797. The smallest absolute Gasteiger partial charge is 0.253 e. The van der Waals surface area contributed by atoms with Gasteiger partial charge in [-0.15, -0.1) is 0 Å². The van der Waals surface area contributed by atoms with E-state index in [9.17, 15) is 4.79 Å². The number of ether oxygens (including phenoxy) is 2. The highest BCUT2D eigenvalue weighted by atomic mass is 32.1. The first-order valence-electron chi connectivity index (χ1n) is 8.71. The maximum absolute atomic E-state index is 13.1. The third-order valence-corrected chi connectivity index (χ3v) is 4.58. The number of rotatable bonds is 7. The molecule has 1 heterocycles. The molecule has 1 amide bonds. The molecular formula is C19H24N4O3S. The Hall–Kier alpha value is -2.79. The van der Waals surface area contributed by atoms with Crippen molar-refractivity contribution in [3.8, 4) is 17.6 Å². The zero-order valence-corrected chi connectivity index (χ0v) is 16.8. The van der Waals surface area contributed by atoms with Gasteiger partial charge < -0.3 is 25.0 Å². The molecule has 0 saturated heterocycles. The van der Waals surface area contributed by atoms with E-state index in [4.69, 9.17) is 27.0 Å². The topological polar surface area (TPSA) is 86.6 Å². The summed E-state index contributed by atoms with van der Waals surface area (Å²) in [5.74, 6) is 0.909. The largest absolute Gasteiger partial charge is 0.493 e. The second-order valence-corrected chi connectivity index (χ2v) is 6.31. The molecule has 0 fully saturated rings. The molecule has 1 aromatic rings. The van der Waals surface area contributed by atoms with Crippen LogP contribution in [0, 0.1) is 11.3 Å². The molecule has 0 saturated carbocycles. The summed E-state index contributed by atoms with van der Waals surface area (Å²) >= 11 is 5.29. The molecule has 1 aliphatic heterocycles. The Kier molecular flexibility index (Phi) is 7.02. The number of likely N-dealkylation sites (N-methyl/N-ethyl adjacent to an activating group) is 1. The maximum atomic E-state index is 13.1. The standard InChI is InChI=1S/C19H24N4O3S/c1-5-23(6-2)18(24)16-12(3)21-19(27)22-17(16)13-7-8-14(26-10-9-20)15(11-13)25-4/h7-8,11,17H,5-6,10H2,1-4H3,(H2,21,22,27)/t17-/m1/s1. The Morgan fingerprint density at radius 3 is 2.63 bits per heavy atom. The molecular weight excluding hydrogens is 364 g/mol. The lowest BCUT2D eigenvalue weighted by Crippen LogP contribution is -2.47. The van der Waals surface area contributed by atoms with Gasteiger partial charge in [-0.2, -0.15) is 5.26 Å². The van der Waals surface area contributed by atoms with Gasteiger partial charge in [0.25, 0.3) is 5.91 Å². The van der Waals surface area contributed by atoms with Crippen molar-refractivity contribution in [1.82, 2.24) is 15.5 Å². The normalized spacial score (nSPS) is 16.1. The van der Waals surface area contributed by atoms with Crippen molar-refractivity contribution < 1.29 is 14.3 Å². The Morgan fingerprint density at radius 2 is 2.04 bits per heavy atom. The van der Waals surface area contributed by atoms with Gasteiger partial charge in [0.2, 0.25) is 0 Å². The molecule has 0 radical (unpaired) electrons. The van der Waals surface area contributed by atoms with Crippen molar-refractivity contribution in [2.75, 3.05) is 26.8 Å². The highest BCUT2D eigenvalue weighted by Crippen LogP contribution is 2.34. The van der Waals surface area contributed by atoms with Gasteiger partial charge in [-0.05, 0) is 50.7 Å². The van der Waals surface area contributed by atoms with Crippen LogP contribution in [0.3, 0.4) is 0 Å². The summed E-state index contributed by atoms with van der Waals surface area (Å²) in [4.78, 5) is 14.8. The van der Waals surface area contributed by atoms with E-state index < -0.39 is 6.04 Å². The van der Waals surface area contributed by atoms with E-state index in [0.29, 0.717) is 35.3 Å². The molecule has 0 unspecified atom stereocenters. The van der Waals surface area contributed by atoms with Crippen molar-refractivity contribution in [2.24, 2.45) is 0 Å². The molecule has 27 heavy (non-hydrogen) atoms. The molecule has 1 atom stereocenters. The highest BCUT2D eigenvalue weighted by Gasteiger charge is 2.32. The summed E-state index contributed by atoms with van der Waals surface area (Å²) in [6.45, 7) is 6.91. The number of methoxy groups -OCH3 is 1. The first kappa shape index (κ1) is 20.5. The minimum Gasteiger partial charge on any atom is -0.493 e. The summed E-state index contributed by atoms with van der Waals surface area (Å²) in [5.41, 5.74) is 2.15. The van der Waals surface area contributed by atoms with Gasteiger partial charge in [-0.1, -0.05) is 6.07 Å². The number of thiocarbonyl (C=S) groups is 1. The van der Waals surface area contributed by atoms with E-state index >= 15 is 0 Å². The number of amides is 1. The van der Waals surface area contributed by atoms with Gasteiger partial charge in [0.05, 0.1) is 18.7 Å². The zero-order chi connectivity index (χ0) is 20.0. The SMILES string of the molecule is CCN(CC)C(=O)C1=C(C)NC(=S)N[C@@H]1c1ccc(OCC#N)c(OC)c1. The highest BCUT2D eigenvalue weighted by molar-refractivity contribution is 7.80. The number of nitrogens with zero attached hydrogens (tertiary/aromatic N) is 2. The minimum atomic E-state index is -0.411. The number of allylic oxidation sites excluding steroid dienone is 1. The fourth-order valence-corrected chi connectivity index (χ4v) is 3.27. The van der Waals surface area contributed by atoms with Gasteiger partial charge in [0.1, 0.15) is 6.07 Å². The summed E-state index contributed by atoms with van der Waals surface area (Å²) in [6, 6.07) is 6.88. The average molecular weight is 388 g/mol. The second-order valence-electron chi connectivity index (χ2n) is 5.90. The van der Waals surface area contributed by atoms with E-state index in [1.54, 1.807) is 17.0 Å². The fraction of sp³-hybridized carbons (Fsp3) is 0.421. The molecule has 1 aliphatic rings. The van der Waals surface area contributed by atoms with Crippen LogP contribution in [0.4, 0.5) is 0 Å². The lowest BCUT2D eigenvalue weighted by molar-refractivity contribution is -0.127. The van der Waals surface area contributed by atoms with Crippen molar-refractivity contribution in [2.45, 2.75) is 26.8 Å². The van der Waals surface area contributed by atoms with Crippen LogP contribution in [0.2, 0.25) is 0 Å². The molecule has 2 N–H and O–H groups in total. The quantitative estimate of drug-likeness (QED) is 0.693. The van der Waals surface area contributed by atoms with Gasteiger partial charge in [0, 0.05) is 18.8 Å². The number of nitriles is 1. The van der Waals surface area contributed by atoms with Crippen LogP contribution >= 0.6 is 12.2 Å². The third-order valence-electron chi connectivity index (χ3n) is 4.36. The Morgan fingerprint density at radius 1 is 1.33 bits per heavy atom. The molecule has 144 valence electrons. The van der Waals surface area contributed by atoms with Crippen LogP contribution in [0.25, 0.3) is 0 Å². The molecule has 7 nitrogen and oxygen atoms in total. The zero-order valence-electron chi connectivity index (χ0n) is 16.0. The molecule has 0 aromatic heterocycles. The van der Waals surface area contributed by atoms with E-state index in [1.807, 2.05) is 32.9 Å². The first-order chi connectivity index (χ1) is 13.0. The van der Waals surface area contributed by atoms with E-state index in [2.05, 4.69) is 10.6 Å². The first-order valence-corrected chi connectivity index (χ1v) is 9.12. The average Bonchev–Trinajstić information content (AvgIpc) is 2.66. The molecule has 0 spiro atoms. The summed E-state index contributed by atoms with van der Waals surface area (Å²) in [6.07, 6.45) is 0. The maximum Gasteiger partial charge on any atom is 0.253 e. The van der Waals surface area contributed by atoms with Gasteiger partial charge in [-0.25, -0.2) is 0 Å². The molecule has 0 aliphatic carbocycles. The van der Waals surface area contributed by atoms with Crippen LogP contribution in [0.1, 0.15) is 32.4 Å². The Labute approximate surface area is 164 Å². The fourth-order valence-electron chi connectivity index (χ4n) is 3.00. The Balaban J connectivity index is 2.47. The molecule has 8 heteroatoms. The van der Waals surface area contributed by atoms with Gasteiger partial charge in [-0.3, -0.25) is 4.79 Å². The number of nitrogens with one attached hydrogen (secondary N) is 2. The van der Waals surface area contributed by atoms with Crippen molar-refractivity contribution in [3.63, 3.8) is 0 Å². The molecule has 2 rings (SSSR count). The number of carbonyl (C=O) groups excluding carboxylic acids is 1. The number of hydrogen-bond acceptors (Lipinski definition) is 5. The molecule has 0 bridgehead atoms. The van der Waals surface area contributed by atoms with E-state index in [0.717, 1.165) is 11.3 Å². The lowest BCUT2D eigenvalue weighted by atomic mass is 9.94. The van der Waals surface area contributed by atoms with Crippen LogP contribution < -0.4 is 20.1 Å². The van der Waals surface area contributed by atoms with Crippen molar-refractivity contribution in [1.29, 1.82) is 5.26 Å². The number of hydrogen-bond donors (Lipinski definition) is 2. The number of carbonyl (C=O) groups is 1. The predicted molar refractivity (Wildman–Crippen MR) is 106 cm³/mol. The van der Waals surface area contributed by atoms with E-state index in [1.165, 1.54) is 7.11 Å². The summed E-state index contributed by atoms with van der Waals surface area (Å²) < 4.78 is 10.8. The van der Waals surface area contributed by atoms with Crippen LogP contribution in [0.15, 0.2) is 29.5 Å². The monoisotopic (exact) mass is 388 g/mol. The third kappa shape index (κ3) is 4.49. The summed E-state index contributed by atoms with van der Waals surface area (Å²) in [5, 5.41) is 15.4. The van der Waals surface area contributed by atoms with E-state index in [-0.39, 0.29) is 12.5 Å². The van der Waals surface area contributed by atoms with Gasteiger partial charge >= 0.3 is 0 Å². The van der Waals surface area contributed by atoms with Gasteiger partial charge in [0.15, 0.2) is 23.2 Å². The summed E-state index contributed by atoms with van der Waals surface area (Å²) in [7, 11) is 1.53. The molecule has 1 aromatic carbocycles. The lowest BCUT2D eigenvalue weighted by Gasteiger charge is -2.33. The second kappa shape index (κ2) is 9.24. The van der Waals surface area contributed by atoms with Crippen LogP contribution in [-0.4, -0.2) is 42.7 Å². The van der Waals surface area contributed by atoms with Crippen molar-refractivity contribution >= 4 is 23.2 Å². The number of benzene rings is 1.